The van der Waals surface area contributed by atoms with Gasteiger partial charge in [0.15, 0.2) is 0 Å². The Balaban J connectivity index is 1.83. The van der Waals surface area contributed by atoms with Gasteiger partial charge in [-0.2, -0.15) is 0 Å². The van der Waals surface area contributed by atoms with Crippen molar-refractivity contribution in [3.8, 4) is 0 Å². The summed E-state index contributed by atoms with van der Waals surface area (Å²) in [5.74, 6) is 2.12. The molecule has 0 unspecified atom stereocenters. The lowest BCUT2D eigenvalue weighted by Crippen LogP contribution is -2.42. The van der Waals surface area contributed by atoms with Crippen LogP contribution in [0.3, 0.4) is 0 Å². The molecule has 6 nitrogen and oxygen atoms in total. The molecule has 0 aliphatic carbocycles. The first-order chi connectivity index (χ1) is 10.9. The second-order valence-corrected chi connectivity index (χ2v) is 5.88. The number of amides is 2. The molecule has 0 aliphatic heterocycles. The van der Waals surface area contributed by atoms with E-state index in [9.17, 15) is 9.90 Å². The number of furan rings is 2. The molecule has 0 radical (unpaired) electrons. The van der Waals surface area contributed by atoms with Crippen LogP contribution < -0.4 is 10.6 Å². The minimum atomic E-state index is -0.739. The quantitative estimate of drug-likeness (QED) is 0.761. The van der Waals surface area contributed by atoms with Crippen LogP contribution in [0.15, 0.2) is 33.3 Å². The largest absolute Gasteiger partial charge is 0.467 e. The molecule has 2 heterocycles. The number of carbonyl (C=O) groups is 1. The van der Waals surface area contributed by atoms with Gasteiger partial charge in [-0.05, 0) is 45.9 Å². The standard InChI is InChI=1S/C17H24N2O4/c1-10(8-15(20)16-6-5-7-22-16)18-17(21)19-12(3)14-9-11(2)23-13(14)4/h5-7,9-10,12,15,20H,8H2,1-4H3,(H2,18,19,21)/t10-,12-,15-/m0/s1. The van der Waals surface area contributed by atoms with Crippen LogP contribution in [-0.2, 0) is 0 Å². The normalized spacial score (nSPS) is 15.0. The van der Waals surface area contributed by atoms with Gasteiger partial charge in [-0.1, -0.05) is 0 Å². The minimum absolute atomic E-state index is 0.158. The van der Waals surface area contributed by atoms with Crippen molar-refractivity contribution in [2.45, 2.75) is 52.3 Å². The Morgan fingerprint density at radius 3 is 2.61 bits per heavy atom. The SMILES string of the molecule is Cc1cc([C@H](C)NC(=O)N[C@@H](C)C[C@H](O)c2ccco2)c(C)o1. The van der Waals surface area contributed by atoms with Gasteiger partial charge in [-0.15, -0.1) is 0 Å². The molecule has 3 N–H and O–H groups in total. The summed E-state index contributed by atoms with van der Waals surface area (Å²) >= 11 is 0. The average molecular weight is 320 g/mol. The zero-order valence-electron chi connectivity index (χ0n) is 13.9. The average Bonchev–Trinajstić information content (AvgIpc) is 3.07. The fraction of sp³-hybridized carbons (Fsp3) is 0.471. The predicted octanol–water partition coefficient (Wildman–Crippen LogP) is 3.36. The number of hydrogen-bond donors (Lipinski definition) is 3. The molecule has 2 rings (SSSR count). The summed E-state index contributed by atoms with van der Waals surface area (Å²) < 4.78 is 10.6. The molecule has 0 bridgehead atoms. The third-order valence-electron chi connectivity index (χ3n) is 3.72. The van der Waals surface area contributed by atoms with E-state index in [4.69, 9.17) is 8.83 Å². The van der Waals surface area contributed by atoms with Gasteiger partial charge in [0, 0.05) is 18.0 Å². The number of aryl methyl sites for hydroxylation is 2. The lowest BCUT2D eigenvalue weighted by Gasteiger charge is -2.19. The van der Waals surface area contributed by atoms with Crippen molar-refractivity contribution in [2.75, 3.05) is 0 Å². The molecule has 126 valence electrons. The highest BCUT2D eigenvalue weighted by Crippen LogP contribution is 2.21. The molecule has 23 heavy (non-hydrogen) atoms. The lowest BCUT2D eigenvalue weighted by atomic mass is 10.1. The van der Waals surface area contributed by atoms with Crippen LogP contribution >= 0.6 is 0 Å². The first-order valence-electron chi connectivity index (χ1n) is 7.72. The van der Waals surface area contributed by atoms with Gasteiger partial charge >= 0.3 is 6.03 Å². The van der Waals surface area contributed by atoms with E-state index in [1.165, 1.54) is 6.26 Å². The highest BCUT2D eigenvalue weighted by atomic mass is 16.4. The van der Waals surface area contributed by atoms with E-state index in [0.29, 0.717) is 12.2 Å². The van der Waals surface area contributed by atoms with Crippen molar-refractivity contribution in [3.63, 3.8) is 0 Å². The van der Waals surface area contributed by atoms with Crippen LogP contribution in [-0.4, -0.2) is 17.2 Å². The fourth-order valence-electron chi connectivity index (χ4n) is 2.61. The molecule has 0 saturated carbocycles. The van der Waals surface area contributed by atoms with Gasteiger partial charge in [0.25, 0.3) is 0 Å². The summed E-state index contributed by atoms with van der Waals surface area (Å²) in [5, 5.41) is 15.7. The summed E-state index contributed by atoms with van der Waals surface area (Å²) in [4.78, 5) is 12.1. The first kappa shape index (κ1) is 17.1. The Kier molecular flexibility index (Phi) is 5.50. The van der Waals surface area contributed by atoms with E-state index in [1.807, 2.05) is 33.8 Å². The molecule has 3 atom stereocenters. The third-order valence-corrected chi connectivity index (χ3v) is 3.72. The fourth-order valence-corrected chi connectivity index (χ4v) is 2.61. The Bertz CT molecular complexity index is 633. The summed E-state index contributed by atoms with van der Waals surface area (Å²) in [6.45, 7) is 7.49. The summed E-state index contributed by atoms with van der Waals surface area (Å²) in [6.07, 6.45) is 1.15. The van der Waals surface area contributed by atoms with Gasteiger partial charge in [0.05, 0.1) is 12.3 Å². The van der Waals surface area contributed by atoms with E-state index < -0.39 is 6.10 Å². The van der Waals surface area contributed by atoms with Crippen molar-refractivity contribution in [3.05, 3.63) is 47.3 Å². The van der Waals surface area contributed by atoms with Crippen LogP contribution in [0.2, 0.25) is 0 Å². The zero-order valence-corrected chi connectivity index (χ0v) is 13.9. The van der Waals surface area contributed by atoms with Crippen molar-refractivity contribution >= 4 is 6.03 Å². The molecule has 2 aromatic rings. The number of nitrogens with one attached hydrogen (secondary N) is 2. The summed E-state index contributed by atoms with van der Waals surface area (Å²) in [5.41, 5.74) is 0.959. The van der Waals surface area contributed by atoms with Gasteiger partial charge in [-0.25, -0.2) is 4.79 Å². The lowest BCUT2D eigenvalue weighted by molar-refractivity contribution is 0.129. The van der Waals surface area contributed by atoms with Crippen molar-refractivity contribution < 1.29 is 18.7 Å². The Hall–Kier alpha value is -2.21. The van der Waals surface area contributed by atoms with E-state index >= 15 is 0 Å². The van der Waals surface area contributed by atoms with E-state index in [-0.39, 0.29) is 18.1 Å². The van der Waals surface area contributed by atoms with E-state index in [1.54, 1.807) is 12.1 Å². The molecule has 0 aliphatic rings. The summed E-state index contributed by atoms with van der Waals surface area (Å²) in [6, 6.07) is 4.72. The van der Waals surface area contributed by atoms with Crippen molar-refractivity contribution in [1.82, 2.24) is 10.6 Å². The van der Waals surface area contributed by atoms with E-state index in [0.717, 1.165) is 17.1 Å². The van der Waals surface area contributed by atoms with Crippen LogP contribution in [0.25, 0.3) is 0 Å². The third kappa shape index (κ3) is 4.63. The van der Waals surface area contributed by atoms with Crippen molar-refractivity contribution in [2.24, 2.45) is 0 Å². The van der Waals surface area contributed by atoms with Crippen LogP contribution in [0.4, 0.5) is 4.79 Å². The number of urea groups is 1. The van der Waals surface area contributed by atoms with Gasteiger partial charge in [0.2, 0.25) is 0 Å². The molecule has 6 heteroatoms. The Morgan fingerprint density at radius 1 is 1.30 bits per heavy atom. The number of hydrogen-bond acceptors (Lipinski definition) is 4. The second-order valence-electron chi connectivity index (χ2n) is 5.88. The number of aliphatic hydroxyl groups excluding tert-OH is 1. The molecule has 2 amide bonds. The first-order valence-corrected chi connectivity index (χ1v) is 7.72. The van der Waals surface area contributed by atoms with Crippen LogP contribution in [0, 0.1) is 13.8 Å². The minimum Gasteiger partial charge on any atom is -0.467 e. The molecule has 0 fully saturated rings. The zero-order chi connectivity index (χ0) is 17.0. The molecule has 0 saturated heterocycles. The predicted molar refractivity (Wildman–Crippen MR) is 86.0 cm³/mol. The van der Waals surface area contributed by atoms with Gasteiger partial charge < -0.3 is 24.6 Å². The number of carbonyl (C=O) groups excluding carboxylic acids is 1. The molecular formula is C17H24N2O4. The van der Waals surface area contributed by atoms with E-state index in [2.05, 4.69) is 10.6 Å². The van der Waals surface area contributed by atoms with Crippen LogP contribution in [0.1, 0.15) is 55.3 Å². The maximum Gasteiger partial charge on any atom is 0.315 e. The number of aliphatic hydroxyl groups is 1. The Labute approximate surface area is 135 Å². The van der Waals surface area contributed by atoms with Crippen molar-refractivity contribution in [1.29, 1.82) is 0 Å². The molecule has 0 aromatic carbocycles. The summed E-state index contributed by atoms with van der Waals surface area (Å²) in [7, 11) is 0. The highest BCUT2D eigenvalue weighted by Gasteiger charge is 2.19. The highest BCUT2D eigenvalue weighted by molar-refractivity contribution is 5.74. The molecule has 2 aromatic heterocycles. The topological polar surface area (TPSA) is 87.6 Å². The monoisotopic (exact) mass is 320 g/mol. The maximum atomic E-state index is 12.1. The smallest absolute Gasteiger partial charge is 0.315 e. The molecule has 0 spiro atoms. The Morgan fingerprint density at radius 2 is 2.04 bits per heavy atom. The second kappa shape index (κ2) is 7.37. The van der Waals surface area contributed by atoms with Gasteiger partial charge in [0.1, 0.15) is 23.4 Å². The van der Waals surface area contributed by atoms with Crippen LogP contribution in [0.5, 0.6) is 0 Å². The molecular weight excluding hydrogens is 296 g/mol. The van der Waals surface area contributed by atoms with Gasteiger partial charge in [-0.3, -0.25) is 0 Å². The number of rotatable bonds is 6. The maximum absolute atomic E-state index is 12.1.